The van der Waals surface area contributed by atoms with E-state index in [1.165, 1.54) is 6.42 Å². The summed E-state index contributed by atoms with van der Waals surface area (Å²) in [5.74, 6) is 0.691. The summed E-state index contributed by atoms with van der Waals surface area (Å²) < 4.78 is 5.33. The molecule has 1 atom stereocenters. The van der Waals surface area contributed by atoms with Crippen molar-refractivity contribution in [3.63, 3.8) is 0 Å². The molecule has 2 nitrogen and oxygen atoms in total. The van der Waals surface area contributed by atoms with Crippen molar-refractivity contribution in [1.82, 2.24) is 4.90 Å². The minimum absolute atomic E-state index is 0.691. The summed E-state index contributed by atoms with van der Waals surface area (Å²) in [5, 5.41) is 0.723. The van der Waals surface area contributed by atoms with Crippen LogP contribution in [0.3, 0.4) is 0 Å². The molecule has 0 aromatic heterocycles. The lowest BCUT2D eigenvalue weighted by molar-refractivity contribution is 0.172. The fraction of sp³-hybridized carbons (Fsp3) is 0.800. The van der Waals surface area contributed by atoms with Crippen molar-refractivity contribution in [3.05, 3.63) is 11.6 Å². The Bertz CT molecular complexity index is 166. The third-order valence-electron chi connectivity index (χ3n) is 2.38. The Morgan fingerprint density at radius 1 is 1.69 bits per heavy atom. The number of ether oxygens (including phenoxy) is 1. The summed E-state index contributed by atoms with van der Waals surface area (Å²) in [7, 11) is 0. The second-order valence-electron chi connectivity index (χ2n) is 3.57. The first-order valence-corrected chi connectivity index (χ1v) is 5.23. The molecule has 0 unspecified atom stereocenters. The molecule has 13 heavy (non-hydrogen) atoms. The van der Waals surface area contributed by atoms with Crippen molar-refractivity contribution in [3.8, 4) is 0 Å². The predicted octanol–water partition coefficient (Wildman–Crippen LogP) is 2.10. The largest absolute Gasteiger partial charge is 0.381 e. The second-order valence-corrected chi connectivity index (χ2v) is 4.11. The van der Waals surface area contributed by atoms with Gasteiger partial charge in [-0.05, 0) is 18.9 Å². The molecule has 0 aromatic carbocycles. The second kappa shape index (κ2) is 5.63. The molecular formula is C10H18ClNO. The molecule has 76 valence electrons. The minimum atomic E-state index is 0.691. The van der Waals surface area contributed by atoms with Crippen molar-refractivity contribution in [1.29, 1.82) is 0 Å². The smallest absolute Gasteiger partial charge is 0.0507 e. The van der Waals surface area contributed by atoms with Gasteiger partial charge in [0.2, 0.25) is 0 Å². The van der Waals surface area contributed by atoms with Crippen LogP contribution in [0.2, 0.25) is 0 Å². The molecule has 0 aromatic rings. The maximum atomic E-state index is 5.77. The van der Waals surface area contributed by atoms with Crippen LogP contribution in [-0.2, 0) is 4.74 Å². The first-order chi connectivity index (χ1) is 6.22. The molecule has 0 N–H and O–H groups in total. The van der Waals surface area contributed by atoms with Crippen molar-refractivity contribution in [2.75, 3.05) is 32.8 Å². The number of nitrogens with zero attached hydrogens (tertiary/aromatic N) is 1. The highest BCUT2D eigenvalue weighted by Crippen LogP contribution is 2.14. The molecule has 1 heterocycles. The van der Waals surface area contributed by atoms with Gasteiger partial charge >= 0.3 is 0 Å². The molecule has 0 saturated carbocycles. The summed E-state index contributed by atoms with van der Waals surface area (Å²) in [5.41, 5.74) is 0. The van der Waals surface area contributed by atoms with Gasteiger partial charge in [0.15, 0.2) is 0 Å². The van der Waals surface area contributed by atoms with Gasteiger partial charge in [0.25, 0.3) is 0 Å². The van der Waals surface area contributed by atoms with Crippen LogP contribution >= 0.6 is 11.6 Å². The Labute approximate surface area is 85.5 Å². The minimum Gasteiger partial charge on any atom is -0.381 e. The van der Waals surface area contributed by atoms with E-state index in [1.54, 1.807) is 0 Å². The topological polar surface area (TPSA) is 12.5 Å². The van der Waals surface area contributed by atoms with Crippen molar-refractivity contribution in [2.45, 2.75) is 13.3 Å². The van der Waals surface area contributed by atoms with Crippen LogP contribution in [0.1, 0.15) is 13.3 Å². The zero-order chi connectivity index (χ0) is 9.68. The SMILES string of the molecule is C=C(Cl)CN(CC)C[C@@H]1CCOC1. The maximum absolute atomic E-state index is 5.77. The number of rotatable bonds is 5. The van der Waals surface area contributed by atoms with E-state index in [-0.39, 0.29) is 0 Å². The molecule has 0 aliphatic carbocycles. The van der Waals surface area contributed by atoms with Crippen molar-refractivity contribution >= 4 is 11.6 Å². The molecule has 0 bridgehead atoms. The summed E-state index contributed by atoms with van der Waals surface area (Å²) >= 11 is 5.77. The quantitative estimate of drug-likeness (QED) is 0.679. The van der Waals surface area contributed by atoms with E-state index in [2.05, 4.69) is 18.4 Å². The van der Waals surface area contributed by atoms with Crippen LogP contribution in [0.5, 0.6) is 0 Å². The van der Waals surface area contributed by atoms with Gasteiger partial charge in [0, 0.05) is 24.7 Å². The third kappa shape index (κ3) is 4.12. The molecule has 1 aliphatic heterocycles. The summed E-state index contributed by atoms with van der Waals surface area (Å²) in [6.07, 6.45) is 1.19. The molecule has 1 fully saturated rings. The zero-order valence-corrected chi connectivity index (χ0v) is 9.02. The molecule has 0 amide bonds. The third-order valence-corrected chi connectivity index (χ3v) is 2.50. The van der Waals surface area contributed by atoms with Gasteiger partial charge in [-0.25, -0.2) is 0 Å². The molecule has 1 aliphatic rings. The highest BCUT2D eigenvalue weighted by Gasteiger charge is 2.18. The molecule has 3 heteroatoms. The van der Waals surface area contributed by atoms with Crippen molar-refractivity contribution in [2.24, 2.45) is 5.92 Å². The van der Waals surface area contributed by atoms with E-state index >= 15 is 0 Å². The van der Waals surface area contributed by atoms with Crippen molar-refractivity contribution < 1.29 is 4.74 Å². The maximum Gasteiger partial charge on any atom is 0.0507 e. The highest BCUT2D eigenvalue weighted by atomic mass is 35.5. The first-order valence-electron chi connectivity index (χ1n) is 4.85. The lowest BCUT2D eigenvalue weighted by atomic mass is 10.1. The van der Waals surface area contributed by atoms with Crippen LogP contribution in [0.4, 0.5) is 0 Å². The summed E-state index contributed by atoms with van der Waals surface area (Å²) in [6.45, 7) is 10.6. The molecular weight excluding hydrogens is 186 g/mol. The van der Waals surface area contributed by atoms with E-state index in [0.717, 1.165) is 37.9 Å². The fourth-order valence-corrected chi connectivity index (χ4v) is 1.81. The standard InChI is InChI=1S/C10H18ClNO/c1-3-12(6-9(2)11)7-10-4-5-13-8-10/h10H,2-8H2,1H3/t10-/m0/s1. The summed E-state index contributed by atoms with van der Waals surface area (Å²) in [6, 6.07) is 0. The average Bonchev–Trinajstić information content (AvgIpc) is 2.55. The molecule has 0 spiro atoms. The number of likely N-dealkylation sites (N-methyl/N-ethyl adjacent to an activating group) is 1. The van der Waals surface area contributed by atoms with Crippen LogP contribution in [0, 0.1) is 5.92 Å². The van der Waals surface area contributed by atoms with Gasteiger partial charge < -0.3 is 4.74 Å². The number of hydrogen-bond acceptors (Lipinski definition) is 2. The van der Waals surface area contributed by atoms with Gasteiger partial charge in [-0.15, -0.1) is 0 Å². The normalized spacial score (nSPS) is 22.5. The number of hydrogen-bond donors (Lipinski definition) is 0. The number of halogens is 1. The molecule has 0 radical (unpaired) electrons. The Kier molecular flexibility index (Phi) is 4.78. The van der Waals surface area contributed by atoms with Crippen LogP contribution in [-0.4, -0.2) is 37.7 Å². The van der Waals surface area contributed by atoms with Crippen LogP contribution < -0.4 is 0 Å². The van der Waals surface area contributed by atoms with Crippen LogP contribution in [0.25, 0.3) is 0 Å². The van der Waals surface area contributed by atoms with E-state index < -0.39 is 0 Å². The van der Waals surface area contributed by atoms with Gasteiger partial charge in [-0.3, -0.25) is 4.90 Å². The Hall–Kier alpha value is -0.0500. The van der Waals surface area contributed by atoms with Gasteiger partial charge in [-0.2, -0.15) is 0 Å². The van der Waals surface area contributed by atoms with Gasteiger partial charge in [-0.1, -0.05) is 25.1 Å². The predicted molar refractivity (Wildman–Crippen MR) is 56.0 cm³/mol. The van der Waals surface area contributed by atoms with Gasteiger partial charge in [0.05, 0.1) is 6.61 Å². The molecule has 1 saturated heterocycles. The first kappa shape index (κ1) is 11.0. The van der Waals surface area contributed by atoms with E-state index in [1.807, 2.05) is 0 Å². The fourth-order valence-electron chi connectivity index (χ4n) is 1.64. The lowest BCUT2D eigenvalue weighted by Crippen LogP contribution is -2.30. The highest BCUT2D eigenvalue weighted by molar-refractivity contribution is 6.29. The van der Waals surface area contributed by atoms with E-state index in [9.17, 15) is 0 Å². The van der Waals surface area contributed by atoms with E-state index in [4.69, 9.17) is 16.3 Å². The monoisotopic (exact) mass is 203 g/mol. The Balaban J connectivity index is 2.25. The van der Waals surface area contributed by atoms with Gasteiger partial charge in [0.1, 0.15) is 0 Å². The zero-order valence-electron chi connectivity index (χ0n) is 8.26. The Morgan fingerprint density at radius 2 is 2.46 bits per heavy atom. The average molecular weight is 204 g/mol. The van der Waals surface area contributed by atoms with Crippen LogP contribution in [0.15, 0.2) is 11.6 Å². The van der Waals surface area contributed by atoms with E-state index in [0.29, 0.717) is 5.92 Å². The lowest BCUT2D eigenvalue weighted by Gasteiger charge is -2.22. The summed E-state index contributed by atoms with van der Waals surface area (Å²) in [4.78, 5) is 2.31. The Morgan fingerprint density at radius 3 is 2.92 bits per heavy atom. The molecule has 1 rings (SSSR count).